The molecular weight excluding hydrogens is 188 g/mol. The minimum absolute atomic E-state index is 0.0779. The van der Waals surface area contributed by atoms with Crippen LogP contribution in [0.2, 0.25) is 0 Å². The zero-order valence-corrected chi connectivity index (χ0v) is 9.78. The van der Waals surface area contributed by atoms with Crippen molar-refractivity contribution in [3.63, 3.8) is 0 Å². The summed E-state index contributed by atoms with van der Waals surface area (Å²) in [5.74, 6) is 0. The summed E-state index contributed by atoms with van der Waals surface area (Å²) < 4.78 is 0. The van der Waals surface area contributed by atoms with Crippen LogP contribution in [0.4, 0.5) is 0 Å². The van der Waals surface area contributed by atoms with Crippen LogP contribution < -0.4 is 5.32 Å². The summed E-state index contributed by atoms with van der Waals surface area (Å²) in [7, 11) is 0. The SMILES string of the molecule is CCCN(C1CNC1)[C@H]1CCCC[C@@H]1O. The van der Waals surface area contributed by atoms with E-state index in [9.17, 15) is 5.11 Å². The zero-order chi connectivity index (χ0) is 10.7. The first kappa shape index (κ1) is 11.4. The Morgan fingerprint density at radius 1 is 1.27 bits per heavy atom. The second kappa shape index (κ2) is 5.28. The van der Waals surface area contributed by atoms with Crippen LogP contribution in [0, 0.1) is 0 Å². The first-order valence-electron chi connectivity index (χ1n) is 6.47. The minimum atomic E-state index is -0.0779. The molecule has 0 amide bonds. The van der Waals surface area contributed by atoms with Gasteiger partial charge in [-0.3, -0.25) is 4.90 Å². The van der Waals surface area contributed by atoms with E-state index in [1.165, 1.54) is 25.7 Å². The average molecular weight is 212 g/mol. The van der Waals surface area contributed by atoms with Crippen molar-refractivity contribution in [2.24, 2.45) is 0 Å². The summed E-state index contributed by atoms with van der Waals surface area (Å²) >= 11 is 0. The summed E-state index contributed by atoms with van der Waals surface area (Å²) in [4.78, 5) is 2.56. The standard InChI is InChI=1S/C12H24N2O/c1-2-7-14(10-8-13-9-10)11-5-3-4-6-12(11)15/h10-13,15H,2-9H2,1H3/t11-,12-/m0/s1. The van der Waals surface area contributed by atoms with E-state index < -0.39 is 0 Å². The van der Waals surface area contributed by atoms with E-state index in [0.717, 1.165) is 26.1 Å². The van der Waals surface area contributed by atoms with Crippen molar-refractivity contribution in [1.29, 1.82) is 0 Å². The molecule has 1 aliphatic heterocycles. The monoisotopic (exact) mass is 212 g/mol. The van der Waals surface area contributed by atoms with E-state index in [1.54, 1.807) is 0 Å². The van der Waals surface area contributed by atoms with Crippen molar-refractivity contribution in [3.05, 3.63) is 0 Å². The molecule has 2 N–H and O–H groups in total. The molecule has 0 aromatic rings. The highest BCUT2D eigenvalue weighted by molar-refractivity contribution is 4.92. The van der Waals surface area contributed by atoms with E-state index in [2.05, 4.69) is 17.1 Å². The molecule has 0 bridgehead atoms. The Kier molecular flexibility index (Phi) is 4.00. The van der Waals surface area contributed by atoms with Gasteiger partial charge in [-0.1, -0.05) is 19.8 Å². The van der Waals surface area contributed by atoms with Crippen molar-refractivity contribution < 1.29 is 5.11 Å². The largest absolute Gasteiger partial charge is 0.391 e. The van der Waals surface area contributed by atoms with Gasteiger partial charge in [0.05, 0.1) is 6.10 Å². The molecule has 0 spiro atoms. The Labute approximate surface area is 92.8 Å². The number of rotatable bonds is 4. The predicted molar refractivity (Wildman–Crippen MR) is 61.9 cm³/mol. The fraction of sp³-hybridized carbons (Fsp3) is 1.00. The number of hydrogen-bond acceptors (Lipinski definition) is 3. The first-order chi connectivity index (χ1) is 7.33. The van der Waals surface area contributed by atoms with Gasteiger partial charge in [-0.15, -0.1) is 0 Å². The van der Waals surface area contributed by atoms with Gasteiger partial charge in [-0.2, -0.15) is 0 Å². The highest BCUT2D eigenvalue weighted by Crippen LogP contribution is 2.25. The molecule has 0 unspecified atom stereocenters. The van der Waals surface area contributed by atoms with Gasteiger partial charge >= 0.3 is 0 Å². The second-order valence-electron chi connectivity index (χ2n) is 4.97. The topological polar surface area (TPSA) is 35.5 Å². The number of nitrogens with zero attached hydrogens (tertiary/aromatic N) is 1. The van der Waals surface area contributed by atoms with Gasteiger partial charge in [0.15, 0.2) is 0 Å². The number of aliphatic hydroxyl groups excluding tert-OH is 1. The molecule has 0 aromatic heterocycles. The number of hydrogen-bond donors (Lipinski definition) is 2. The highest BCUT2D eigenvalue weighted by Gasteiger charge is 2.34. The predicted octanol–water partition coefficient (Wildman–Crippen LogP) is 0.974. The zero-order valence-electron chi connectivity index (χ0n) is 9.78. The maximum absolute atomic E-state index is 10.1. The van der Waals surface area contributed by atoms with Crippen LogP contribution in [0.15, 0.2) is 0 Å². The molecule has 0 aromatic carbocycles. The molecule has 2 fully saturated rings. The van der Waals surface area contributed by atoms with Gasteiger partial charge in [0.1, 0.15) is 0 Å². The number of aliphatic hydroxyl groups is 1. The van der Waals surface area contributed by atoms with Gasteiger partial charge in [0, 0.05) is 25.2 Å². The van der Waals surface area contributed by atoms with Crippen LogP contribution in [-0.2, 0) is 0 Å². The Morgan fingerprint density at radius 2 is 2.00 bits per heavy atom. The lowest BCUT2D eigenvalue weighted by Gasteiger charge is -2.46. The average Bonchev–Trinajstić information content (AvgIpc) is 2.15. The van der Waals surface area contributed by atoms with Crippen LogP contribution in [0.3, 0.4) is 0 Å². The lowest BCUT2D eigenvalue weighted by atomic mass is 9.89. The normalized spacial score (nSPS) is 33.0. The molecule has 1 aliphatic carbocycles. The van der Waals surface area contributed by atoms with Crippen LogP contribution in [0.1, 0.15) is 39.0 Å². The van der Waals surface area contributed by atoms with Crippen LogP contribution in [-0.4, -0.2) is 47.8 Å². The maximum Gasteiger partial charge on any atom is 0.0695 e. The molecule has 1 saturated heterocycles. The molecular formula is C12H24N2O. The van der Waals surface area contributed by atoms with Crippen LogP contribution >= 0.6 is 0 Å². The third-order valence-electron chi connectivity index (χ3n) is 3.83. The van der Waals surface area contributed by atoms with Crippen LogP contribution in [0.5, 0.6) is 0 Å². The van der Waals surface area contributed by atoms with E-state index in [1.807, 2.05) is 0 Å². The van der Waals surface area contributed by atoms with Gasteiger partial charge in [-0.25, -0.2) is 0 Å². The molecule has 3 heteroatoms. The Balaban J connectivity index is 1.94. The minimum Gasteiger partial charge on any atom is -0.391 e. The summed E-state index contributed by atoms with van der Waals surface area (Å²) in [5.41, 5.74) is 0. The van der Waals surface area contributed by atoms with E-state index in [4.69, 9.17) is 0 Å². The molecule has 1 heterocycles. The summed E-state index contributed by atoms with van der Waals surface area (Å²) in [6, 6.07) is 1.12. The smallest absolute Gasteiger partial charge is 0.0695 e. The lowest BCUT2D eigenvalue weighted by Crippen LogP contribution is -2.62. The van der Waals surface area contributed by atoms with Crippen molar-refractivity contribution in [2.45, 2.75) is 57.2 Å². The Morgan fingerprint density at radius 3 is 2.53 bits per heavy atom. The summed E-state index contributed by atoms with van der Waals surface area (Å²) in [6.45, 7) is 5.61. The third-order valence-corrected chi connectivity index (χ3v) is 3.83. The summed E-state index contributed by atoms with van der Waals surface area (Å²) in [6.07, 6.45) is 5.82. The molecule has 2 aliphatic rings. The Bertz CT molecular complexity index is 194. The van der Waals surface area contributed by atoms with Crippen molar-refractivity contribution in [1.82, 2.24) is 10.2 Å². The third kappa shape index (κ3) is 2.52. The molecule has 3 nitrogen and oxygen atoms in total. The quantitative estimate of drug-likeness (QED) is 0.729. The maximum atomic E-state index is 10.1. The van der Waals surface area contributed by atoms with Crippen molar-refractivity contribution in [3.8, 4) is 0 Å². The van der Waals surface area contributed by atoms with Gasteiger partial charge in [-0.05, 0) is 25.8 Å². The lowest BCUT2D eigenvalue weighted by molar-refractivity contribution is -0.0134. The number of nitrogens with one attached hydrogen (secondary N) is 1. The fourth-order valence-electron chi connectivity index (χ4n) is 2.86. The molecule has 0 radical (unpaired) electrons. The molecule has 2 atom stereocenters. The molecule has 15 heavy (non-hydrogen) atoms. The summed E-state index contributed by atoms with van der Waals surface area (Å²) in [5, 5.41) is 13.4. The molecule has 1 saturated carbocycles. The van der Waals surface area contributed by atoms with Crippen molar-refractivity contribution >= 4 is 0 Å². The highest BCUT2D eigenvalue weighted by atomic mass is 16.3. The van der Waals surface area contributed by atoms with Gasteiger partial charge in [0.2, 0.25) is 0 Å². The Hall–Kier alpha value is -0.120. The van der Waals surface area contributed by atoms with E-state index in [-0.39, 0.29) is 6.10 Å². The van der Waals surface area contributed by atoms with E-state index >= 15 is 0 Å². The second-order valence-corrected chi connectivity index (χ2v) is 4.97. The molecule has 2 rings (SSSR count). The van der Waals surface area contributed by atoms with Gasteiger partial charge in [0.25, 0.3) is 0 Å². The van der Waals surface area contributed by atoms with Crippen molar-refractivity contribution in [2.75, 3.05) is 19.6 Å². The van der Waals surface area contributed by atoms with Crippen LogP contribution in [0.25, 0.3) is 0 Å². The first-order valence-corrected chi connectivity index (χ1v) is 6.47. The molecule has 88 valence electrons. The van der Waals surface area contributed by atoms with Gasteiger partial charge < -0.3 is 10.4 Å². The van der Waals surface area contributed by atoms with E-state index in [0.29, 0.717) is 12.1 Å². The fourth-order valence-corrected chi connectivity index (χ4v) is 2.86.